The van der Waals surface area contributed by atoms with Gasteiger partial charge in [-0.3, -0.25) is 0 Å². The van der Waals surface area contributed by atoms with Gasteiger partial charge < -0.3 is 15.0 Å². The molecule has 0 aromatic carbocycles. The normalized spacial score (nSPS) is 18.7. The molecule has 0 bridgehead atoms. The molecule has 0 amide bonds. The lowest BCUT2D eigenvalue weighted by atomic mass is 10.2. The average Bonchev–Trinajstić information content (AvgIpc) is 2.81. The molecule has 0 radical (unpaired) electrons. The second-order valence-corrected chi connectivity index (χ2v) is 5.12. The van der Waals surface area contributed by atoms with E-state index in [9.17, 15) is 0 Å². The fourth-order valence-corrected chi connectivity index (χ4v) is 2.34. The van der Waals surface area contributed by atoms with Gasteiger partial charge in [0.1, 0.15) is 0 Å². The molecule has 1 aliphatic heterocycles. The van der Waals surface area contributed by atoms with Crippen molar-refractivity contribution in [2.75, 3.05) is 39.3 Å². The predicted molar refractivity (Wildman–Crippen MR) is 73.5 cm³/mol. The zero-order chi connectivity index (χ0) is 12.3. The molecule has 1 aliphatic rings. The van der Waals surface area contributed by atoms with Gasteiger partial charge in [-0.2, -0.15) is 0 Å². The van der Waals surface area contributed by atoms with E-state index in [4.69, 9.17) is 4.74 Å². The number of hydrogen-bond donors (Lipinski definition) is 1. The highest BCUT2D eigenvalue weighted by molar-refractivity contribution is 4.66. The maximum atomic E-state index is 5.71. The van der Waals surface area contributed by atoms with Gasteiger partial charge in [0.25, 0.3) is 0 Å². The fraction of sp³-hybridized carbons (Fsp3) is 1.00. The third-order valence-electron chi connectivity index (χ3n) is 3.40. The summed E-state index contributed by atoms with van der Waals surface area (Å²) in [7, 11) is 0. The molecule has 17 heavy (non-hydrogen) atoms. The maximum absolute atomic E-state index is 5.71. The maximum Gasteiger partial charge on any atom is 0.0546 e. The predicted octanol–water partition coefficient (Wildman–Crippen LogP) is 2.27. The molecule has 1 unspecified atom stereocenters. The van der Waals surface area contributed by atoms with Gasteiger partial charge in [-0.05, 0) is 52.2 Å². The van der Waals surface area contributed by atoms with Crippen molar-refractivity contribution in [3.63, 3.8) is 0 Å². The molecular formula is C14H30N2O. The third kappa shape index (κ3) is 7.74. The van der Waals surface area contributed by atoms with Crippen LogP contribution < -0.4 is 5.32 Å². The lowest BCUT2D eigenvalue weighted by molar-refractivity contribution is 0.0583. The van der Waals surface area contributed by atoms with Gasteiger partial charge in [0, 0.05) is 19.7 Å². The monoisotopic (exact) mass is 242 g/mol. The number of ether oxygens (including phenoxy) is 1. The van der Waals surface area contributed by atoms with E-state index < -0.39 is 0 Å². The molecule has 0 saturated carbocycles. The summed E-state index contributed by atoms with van der Waals surface area (Å²) < 4.78 is 5.71. The molecule has 1 rings (SSSR count). The first kappa shape index (κ1) is 14.9. The zero-order valence-electron chi connectivity index (χ0n) is 11.7. The Balaban J connectivity index is 1.77. The Hall–Kier alpha value is -0.120. The molecule has 1 atom stereocenters. The summed E-state index contributed by atoms with van der Waals surface area (Å²) in [6, 6.07) is 0. The second kappa shape index (κ2) is 9.86. The van der Waals surface area contributed by atoms with Crippen LogP contribution in [0.15, 0.2) is 0 Å². The summed E-state index contributed by atoms with van der Waals surface area (Å²) in [5, 5.41) is 3.50. The minimum Gasteiger partial charge on any atom is -0.378 e. The van der Waals surface area contributed by atoms with Gasteiger partial charge >= 0.3 is 0 Å². The van der Waals surface area contributed by atoms with E-state index in [-0.39, 0.29) is 0 Å². The van der Waals surface area contributed by atoms with Crippen molar-refractivity contribution in [2.24, 2.45) is 0 Å². The van der Waals surface area contributed by atoms with Crippen molar-refractivity contribution in [1.29, 1.82) is 0 Å². The van der Waals surface area contributed by atoms with Crippen LogP contribution >= 0.6 is 0 Å². The van der Waals surface area contributed by atoms with Crippen LogP contribution in [0, 0.1) is 0 Å². The Morgan fingerprint density at radius 3 is 2.71 bits per heavy atom. The first-order valence-electron chi connectivity index (χ1n) is 7.37. The Morgan fingerprint density at radius 1 is 1.24 bits per heavy atom. The number of nitrogens with one attached hydrogen (secondary N) is 1. The van der Waals surface area contributed by atoms with Crippen LogP contribution in [0.5, 0.6) is 0 Å². The molecule has 0 spiro atoms. The van der Waals surface area contributed by atoms with E-state index >= 15 is 0 Å². The summed E-state index contributed by atoms with van der Waals surface area (Å²) in [6.07, 6.45) is 6.75. The Morgan fingerprint density at radius 2 is 2.00 bits per heavy atom. The molecule has 3 heteroatoms. The lowest BCUT2D eigenvalue weighted by Gasteiger charge is -2.15. The van der Waals surface area contributed by atoms with Gasteiger partial charge in [0.15, 0.2) is 0 Å². The number of hydrogen-bond acceptors (Lipinski definition) is 3. The Kier molecular flexibility index (Phi) is 8.67. The minimum atomic E-state index is 0.435. The highest BCUT2D eigenvalue weighted by Crippen LogP contribution is 2.05. The topological polar surface area (TPSA) is 24.5 Å². The Bertz CT molecular complexity index is 170. The zero-order valence-corrected chi connectivity index (χ0v) is 11.7. The molecular weight excluding hydrogens is 212 g/mol. The first-order chi connectivity index (χ1) is 8.33. The molecule has 1 N–H and O–H groups in total. The van der Waals surface area contributed by atoms with Crippen LogP contribution in [0.2, 0.25) is 0 Å². The van der Waals surface area contributed by atoms with Crippen LogP contribution in [-0.4, -0.2) is 50.3 Å². The van der Waals surface area contributed by atoms with Crippen LogP contribution in [-0.2, 0) is 4.74 Å². The lowest BCUT2D eigenvalue weighted by Crippen LogP contribution is -2.30. The van der Waals surface area contributed by atoms with Crippen LogP contribution in [0.4, 0.5) is 0 Å². The van der Waals surface area contributed by atoms with Crippen molar-refractivity contribution >= 4 is 0 Å². The number of rotatable bonds is 10. The minimum absolute atomic E-state index is 0.435. The van der Waals surface area contributed by atoms with Gasteiger partial charge in [-0.1, -0.05) is 13.3 Å². The standard InChI is InChI=1S/C14H30N2O/c1-3-7-14(2)17-13-6-8-15-9-12-16-10-4-5-11-16/h14-15H,3-13H2,1-2H3. The average molecular weight is 242 g/mol. The molecule has 102 valence electrons. The highest BCUT2D eigenvalue weighted by atomic mass is 16.5. The van der Waals surface area contributed by atoms with Crippen molar-refractivity contribution in [2.45, 2.75) is 52.1 Å². The molecule has 0 aromatic rings. The van der Waals surface area contributed by atoms with Crippen molar-refractivity contribution in [3.05, 3.63) is 0 Å². The summed E-state index contributed by atoms with van der Waals surface area (Å²) in [6.45, 7) is 11.3. The van der Waals surface area contributed by atoms with E-state index in [1.807, 2.05) is 0 Å². The van der Waals surface area contributed by atoms with E-state index in [2.05, 4.69) is 24.1 Å². The smallest absolute Gasteiger partial charge is 0.0546 e. The van der Waals surface area contributed by atoms with Gasteiger partial charge in [-0.25, -0.2) is 0 Å². The van der Waals surface area contributed by atoms with E-state index in [0.29, 0.717) is 6.10 Å². The summed E-state index contributed by atoms with van der Waals surface area (Å²) in [4.78, 5) is 2.55. The SMILES string of the molecule is CCCC(C)OCCCNCCN1CCCC1. The van der Waals surface area contributed by atoms with Crippen molar-refractivity contribution in [1.82, 2.24) is 10.2 Å². The van der Waals surface area contributed by atoms with Crippen molar-refractivity contribution < 1.29 is 4.74 Å². The third-order valence-corrected chi connectivity index (χ3v) is 3.40. The van der Waals surface area contributed by atoms with Gasteiger partial charge in [0.05, 0.1) is 6.10 Å². The van der Waals surface area contributed by atoms with Crippen LogP contribution in [0.3, 0.4) is 0 Å². The van der Waals surface area contributed by atoms with Crippen LogP contribution in [0.25, 0.3) is 0 Å². The quantitative estimate of drug-likeness (QED) is 0.595. The first-order valence-corrected chi connectivity index (χ1v) is 7.37. The number of likely N-dealkylation sites (tertiary alicyclic amines) is 1. The summed E-state index contributed by atoms with van der Waals surface area (Å²) in [5.74, 6) is 0. The summed E-state index contributed by atoms with van der Waals surface area (Å²) in [5.41, 5.74) is 0. The van der Waals surface area contributed by atoms with Gasteiger partial charge in [0.2, 0.25) is 0 Å². The van der Waals surface area contributed by atoms with E-state index in [1.54, 1.807) is 0 Å². The van der Waals surface area contributed by atoms with Gasteiger partial charge in [-0.15, -0.1) is 0 Å². The highest BCUT2D eigenvalue weighted by Gasteiger charge is 2.09. The van der Waals surface area contributed by atoms with Crippen LogP contribution in [0.1, 0.15) is 46.0 Å². The fourth-order valence-electron chi connectivity index (χ4n) is 2.34. The molecule has 3 nitrogen and oxygen atoms in total. The molecule has 0 aliphatic carbocycles. The van der Waals surface area contributed by atoms with Crippen molar-refractivity contribution in [3.8, 4) is 0 Å². The molecule has 1 saturated heterocycles. The molecule has 0 aromatic heterocycles. The van der Waals surface area contributed by atoms with E-state index in [0.717, 1.165) is 26.1 Å². The Labute approximate surface area is 107 Å². The molecule has 1 fully saturated rings. The number of nitrogens with zero attached hydrogens (tertiary/aromatic N) is 1. The van der Waals surface area contributed by atoms with E-state index in [1.165, 1.54) is 45.3 Å². The largest absolute Gasteiger partial charge is 0.378 e. The second-order valence-electron chi connectivity index (χ2n) is 5.12. The summed E-state index contributed by atoms with van der Waals surface area (Å²) >= 11 is 0. The molecule has 1 heterocycles.